The Bertz CT molecular complexity index is 696. The van der Waals surface area contributed by atoms with E-state index in [-0.39, 0.29) is 5.91 Å². The molecule has 0 atom stereocenters. The fourth-order valence-corrected chi connectivity index (χ4v) is 2.70. The first-order valence-corrected chi connectivity index (χ1v) is 7.24. The quantitative estimate of drug-likeness (QED) is 0.475. The van der Waals surface area contributed by atoms with Crippen molar-refractivity contribution in [1.82, 2.24) is 0 Å². The molecule has 0 aromatic heterocycles. The van der Waals surface area contributed by atoms with Crippen molar-refractivity contribution in [2.75, 3.05) is 5.32 Å². The number of amides is 1. The molecule has 0 unspecified atom stereocenters. The second-order valence-corrected chi connectivity index (χ2v) is 5.70. The molecule has 0 bridgehead atoms. The van der Waals surface area contributed by atoms with Gasteiger partial charge in [-0.05, 0) is 31.2 Å². The van der Waals surface area contributed by atoms with Gasteiger partial charge >= 0.3 is 0 Å². The molecule has 6 heteroatoms. The van der Waals surface area contributed by atoms with Gasteiger partial charge in [-0.1, -0.05) is 50.9 Å². The monoisotopic (exact) mass is 366 g/mol. The Balaban J connectivity index is 2.32. The van der Waals surface area contributed by atoms with Crippen LogP contribution in [0.15, 0.2) is 52.1 Å². The second kappa shape index (κ2) is 6.74. The van der Waals surface area contributed by atoms with Crippen molar-refractivity contribution in [3.63, 3.8) is 0 Å². The first-order valence-electron chi connectivity index (χ1n) is 6.07. The third-order valence-electron chi connectivity index (χ3n) is 2.84. The summed E-state index contributed by atoms with van der Waals surface area (Å²) < 4.78 is 0.724. The van der Waals surface area contributed by atoms with Crippen LogP contribution in [0.25, 0.3) is 0 Å². The molecule has 2 aromatic rings. The van der Waals surface area contributed by atoms with Gasteiger partial charge in [0.25, 0.3) is 5.91 Å². The number of halogens is 2. The first-order chi connectivity index (χ1) is 10.0. The highest BCUT2D eigenvalue weighted by atomic mass is 79.9. The molecule has 0 saturated carbocycles. The van der Waals surface area contributed by atoms with Crippen molar-refractivity contribution in [2.24, 2.45) is 5.16 Å². The number of carbonyl (C=O) groups is 1. The number of benzene rings is 2. The third-order valence-corrected chi connectivity index (χ3v) is 3.52. The summed E-state index contributed by atoms with van der Waals surface area (Å²) in [7, 11) is 0. The Morgan fingerprint density at radius 3 is 2.67 bits per heavy atom. The van der Waals surface area contributed by atoms with Gasteiger partial charge in [0.15, 0.2) is 0 Å². The van der Waals surface area contributed by atoms with Crippen LogP contribution in [0, 0.1) is 0 Å². The maximum atomic E-state index is 12.3. The zero-order valence-electron chi connectivity index (χ0n) is 11.1. The molecular weight excluding hydrogens is 356 g/mol. The first kappa shape index (κ1) is 15.5. The zero-order chi connectivity index (χ0) is 15.4. The number of hydrogen-bond donors (Lipinski definition) is 2. The summed E-state index contributed by atoms with van der Waals surface area (Å²) in [5.74, 6) is -0.295. The minimum absolute atomic E-state index is 0.295. The van der Waals surface area contributed by atoms with Gasteiger partial charge in [-0.3, -0.25) is 4.79 Å². The molecule has 4 nitrogen and oxygen atoms in total. The summed E-state index contributed by atoms with van der Waals surface area (Å²) in [6.45, 7) is 1.65. The van der Waals surface area contributed by atoms with Crippen molar-refractivity contribution >= 4 is 44.8 Å². The van der Waals surface area contributed by atoms with E-state index in [2.05, 4.69) is 26.4 Å². The lowest BCUT2D eigenvalue weighted by atomic mass is 10.1. The molecule has 0 heterocycles. The van der Waals surface area contributed by atoms with Gasteiger partial charge < -0.3 is 10.5 Å². The Morgan fingerprint density at radius 1 is 1.29 bits per heavy atom. The van der Waals surface area contributed by atoms with Crippen LogP contribution < -0.4 is 5.32 Å². The van der Waals surface area contributed by atoms with Crippen LogP contribution in [0.2, 0.25) is 5.02 Å². The maximum absolute atomic E-state index is 12.3. The summed E-state index contributed by atoms with van der Waals surface area (Å²) in [5.41, 5.74) is 2.06. The fraction of sp³-hybridized carbons (Fsp3) is 0.0667. The van der Waals surface area contributed by atoms with Gasteiger partial charge in [-0.15, -0.1) is 0 Å². The highest BCUT2D eigenvalue weighted by Crippen LogP contribution is 2.22. The standard InChI is InChI=1S/C15H12BrClN2O2/c1-9(19-21)13-4-2-3-5-14(13)18-15(20)10-6-11(16)8-12(17)7-10/h2-8,21H,1H3,(H,18,20)/b19-9-. The number of oxime groups is 1. The number of para-hydroxylation sites is 1. The summed E-state index contributed by atoms with van der Waals surface area (Å²) in [5, 5.41) is 15.3. The summed E-state index contributed by atoms with van der Waals surface area (Å²) in [6.07, 6.45) is 0. The lowest BCUT2D eigenvalue weighted by Crippen LogP contribution is -2.14. The Kier molecular flexibility index (Phi) is 4.98. The van der Waals surface area contributed by atoms with Crippen LogP contribution in [0.4, 0.5) is 5.69 Å². The van der Waals surface area contributed by atoms with Crippen molar-refractivity contribution in [1.29, 1.82) is 0 Å². The average molecular weight is 368 g/mol. The normalized spacial score (nSPS) is 11.3. The molecule has 1 amide bonds. The zero-order valence-corrected chi connectivity index (χ0v) is 13.4. The number of nitrogens with zero attached hydrogens (tertiary/aromatic N) is 1. The van der Waals surface area contributed by atoms with E-state index in [1.54, 1.807) is 49.4 Å². The maximum Gasteiger partial charge on any atom is 0.255 e. The highest BCUT2D eigenvalue weighted by molar-refractivity contribution is 9.10. The van der Waals surface area contributed by atoms with E-state index in [0.29, 0.717) is 27.5 Å². The Morgan fingerprint density at radius 2 is 2.00 bits per heavy atom. The molecule has 0 aliphatic carbocycles. The van der Waals surface area contributed by atoms with Crippen molar-refractivity contribution in [2.45, 2.75) is 6.92 Å². The van der Waals surface area contributed by atoms with Crippen molar-refractivity contribution in [3.8, 4) is 0 Å². The number of anilines is 1. The lowest BCUT2D eigenvalue weighted by molar-refractivity contribution is 0.102. The molecular formula is C15H12BrClN2O2. The second-order valence-electron chi connectivity index (χ2n) is 4.34. The Hall–Kier alpha value is -1.85. The van der Waals surface area contributed by atoms with Crippen LogP contribution >= 0.6 is 27.5 Å². The molecule has 0 fully saturated rings. The van der Waals surface area contributed by atoms with Crippen molar-refractivity contribution in [3.05, 3.63) is 63.1 Å². The van der Waals surface area contributed by atoms with Gasteiger partial charge in [0, 0.05) is 20.6 Å². The third kappa shape index (κ3) is 3.83. The molecule has 0 spiro atoms. The van der Waals surface area contributed by atoms with Crippen LogP contribution in [0.1, 0.15) is 22.8 Å². The van der Waals surface area contributed by atoms with E-state index < -0.39 is 0 Å². The molecule has 108 valence electrons. The minimum Gasteiger partial charge on any atom is -0.411 e. The number of rotatable bonds is 3. The Labute approximate surface area is 135 Å². The van der Waals surface area contributed by atoms with Crippen molar-refractivity contribution < 1.29 is 10.0 Å². The molecule has 2 N–H and O–H groups in total. The van der Waals surface area contributed by atoms with Gasteiger partial charge in [-0.2, -0.15) is 0 Å². The van der Waals surface area contributed by atoms with Gasteiger partial charge in [0.05, 0.1) is 11.4 Å². The SMILES string of the molecule is C/C(=N/O)c1ccccc1NC(=O)c1cc(Cl)cc(Br)c1. The molecule has 21 heavy (non-hydrogen) atoms. The number of nitrogens with one attached hydrogen (secondary N) is 1. The van der Waals surface area contributed by atoms with Crippen LogP contribution in [-0.2, 0) is 0 Å². The molecule has 0 radical (unpaired) electrons. The van der Waals surface area contributed by atoms with Gasteiger partial charge in [0.1, 0.15) is 0 Å². The molecule has 0 aliphatic heterocycles. The van der Waals surface area contributed by atoms with Crippen LogP contribution in [-0.4, -0.2) is 16.8 Å². The van der Waals surface area contributed by atoms with E-state index in [0.717, 1.165) is 4.47 Å². The summed E-state index contributed by atoms with van der Waals surface area (Å²) >= 11 is 9.24. The molecule has 2 rings (SSSR count). The lowest BCUT2D eigenvalue weighted by Gasteiger charge is -2.10. The highest BCUT2D eigenvalue weighted by Gasteiger charge is 2.12. The fourth-order valence-electron chi connectivity index (χ4n) is 1.84. The van der Waals surface area contributed by atoms with Gasteiger partial charge in [0.2, 0.25) is 0 Å². The number of hydrogen-bond acceptors (Lipinski definition) is 3. The molecule has 0 aliphatic rings. The van der Waals surface area contributed by atoms with Crippen LogP contribution in [0.5, 0.6) is 0 Å². The minimum atomic E-state index is -0.295. The van der Waals surface area contributed by atoms with E-state index in [4.69, 9.17) is 16.8 Å². The van der Waals surface area contributed by atoms with Gasteiger partial charge in [-0.25, -0.2) is 0 Å². The largest absolute Gasteiger partial charge is 0.411 e. The van der Waals surface area contributed by atoms with E-state index >= 15 is 0 Å². The average Bonchev–Trinajstić information content (AvgIpc) is 2.46. The predicted molar refractivity (Wildman–Crippen MR) is 87.5 cm³/mol. The topological polar surface area (TPSA) is 61.7 Å². The van der Waals surface area contributed by atoms with E-state index in [9.17, 15) is 4.79 Å². The molecule has 0 saturated heterocycles. The number of carbonyl (C=O) groups excluding carboxylic acids is 1. The van der Waals surface area contributed by atoms with E-state index in [1.165, 1.54) is 0 Å². The smallest absolute Gasteiger partial charge is 0.255 e. The summed E-state index contributed by atoms with van der Waals surface area (Å²) in [6, 6.07) is 12.1. The predicted octanol–water partition coefficient (Wildman–Crippen LogP) is 4.55. The summed E-state index contributed by atoms with van der Waals surface area (Å²) in [4.78, 5) is 12.3. The van der Waals surface area contributed by atoms with Crippen LogP contribution in [0.3, 0.4) is 0 Å². The molecule has 2 aromatic carbocycles. The van der Waals surface area contributed by atoms with E-state index in [1.807, 2.05) is 0 Å².